The smallest absolute Gasteiger partial charge is 0.137 e. The molecular formula is C11H11BrN4O. The summed E-state index contributed by atoms with van der Waals surface area (Å²) in [6.07, 6.45) is 3.03. The summed E-state index contributed by atoms with van der Waals surface area (Å²) >= 11 is 3.40. The van der Waals surface area contributed by atoms with E-state index in [0.29, 0.717) is 12.3 Å². The first kappa shape index (κ1) is 11.8. The lowest BCUT2D eigenvalue weighted by atomic mass is 10.0. The average molecular weight is 295 g/mol. The number of oxime groups is 1. The van der Waals surface area contributed by atoms with Gasteiger partial charge in [-0.2, -0.15) is 5.10 Å². The van der Waals surface area contributed by atoms with Gasteiger partial charge in [-0.25, -0.2) is 9.67 Å². The minimum atomic E-state index is 0.388. The lowest BCUT2D eigenvalue weighted by Crippen LogP contribution is -2.13. The Morgan fingerprint density at radius 1 is 1.53 bits per heavy atom. The van der Waals surface area contributed by atoms with E-state index >= 15 is 0 Å². The van der Waals surface area contributed by atoms with Crippen LogP contribution in [0, 0.1) is 6.92 Å². The highest BCUT2D eigenvalue weighted by atomic mass is 79.9. The van der Waals surface area contributed by atoms with Crippen LogP contribution in [0.1, 0.15) is 11.1 Å². The molecule has 88 valence electrons. The molecule has 0 aliphatic carbocycles. The molecule has 1 aromatic heterocycles. The van der Waals surface area contributed by atoms with Gasteiger partial charge in [0, 0.05) is 10.0 Å². The highest BCUT2D eigenvalue weighted by molar-refractivity contribution is 9.10. The molecule has 6 heteroatoms. The van der Waals surface area contributed by atoms with E-state index < -0.39 is 0 Å². The molecule has 0 saturated heterocycles. The van der Waals surface area contributed by atoms with Crippen LogP contribution in [0.15, 0.2) is 40.5 Å². The van der Waals surface area contributed by atoms with E-state index in [-0.39, 0.29) is 0 Å². The number of hydrogen-bond acceptors (Lipinski definition) is 4. The summed E-state index contributed by atoms with van der Waals surface area (Å²) < 4.78 is 2.60. The normalized spacial score (nSPS) is 11.8. The highest BCUT2D eigenvalue weighted by Crippen LogP contribution is 2.17. The second-order valence-corrected chi connectivity index (χ2v) is 4.51. The van der Waals surface area contributed by atoms with Crippen molar-refractivity contribution < 1.29 is 5.21 Å². The van der Waals surface area contributed by atoms with Crippen molar-refractivity contribution >= 4 is 21.6 Å². The van der Waals surface area contributed by atoms with Crippen molar-refractivity contribution in [1.82, 2.24) is 14.8 Å². The second-order valence-electron chi connectivity index (χ2n) is 3.60. The molecule has 2 rings (SSSR count). The fourth-order valence-electron chi connectivity index (χ4n) is 1.59. The summed E-state index contributed by atoms with van der Waals surface area (Å²) in [6.45, 7) is 2.35. The van der Waals surface area contributed by atoms with Crippen LogP contribution >= 0.6 is 15.9 Å². The van der Waals surface area contributed by atoms with E-state index in [4.69, 9.17) is 5.21 Å². The topological polar surface area (TPSA) is 63.3 Å². The van der Waals surface area contributed by atoms with Gasteiger partial charge >= 0.3 is 0 Å². The first-order valence-corrected chi connectivity index (χ1v) is 5.80. The average Bonchev–Trinajstić information content (AvgIpc) is 2.79. The van der Waals surface area contributed by atoms with Gasteiger partial charge in [-0.1, -0.05) is 27.2 Å². The molecule has 0 amide bonds. The Bertz CT molecular complexity index is 536. The van der Waals surface area contributed by atoms with Gasteiger partial charge < -0.3 is 5.21 Å². The van der Waals surface area contributed by atoms with E-state index in [1.165, 1.54) is 6.33 Å². The van der Waals surface area contributed by atoms with E-state index in [9.17, 15) is 0 Å². The summed E-state index contributed by atoms with van der Waals surface area (Å²) in [6, 6.07) is 5.79. The van der Waals surface area contributed by atoms with Crippen LogP contribution in [0.2, 0.25) is 0 Å². The third-order valence-corrected chi connectivity index (χ3v) is 2.89. The van der Waals surface area contributed by atoms with E-state index in [2.05, 4.69) is 31.2 Å². The van der Waals surface area contributed by atoms with Crippen molar-refractivity contribution in [3.8, 4) is 0 Å². The van der Waals surface area contributed by atoms with Gasteiger partial charge in [-0.05, 0) is 24.6 Å². The van der Waals surface area contributed by atoms with Crippen LogP contribution in [-0.2, 0) is 6.54 Å². The summed E-state index contributed by atoms with van der Waals surface area (Å²) in [5.41, 5.74) is 2.49. The van der Waals surface area contributed by atoms with Crippen LogP contribution in [0.5, 0.6) is 0 Å². The number of aromatic nitrogens is 3. The van der Waals surface area contributed by atoms with Gasteiger partial charge in [0.2, 0.25) is 0 Å². The quantitative estimate of drug-likeness (QED) is 0.536. The van der Waals surface area contributed by atoms with Gasteiger partial charge in [0.05, 0.1) is 6.54 Å². The number of hydrogen-bond donors (Lipinski definition) is 1. The Morgan fingerprint density at radius 2 is 2.35 bits per heavy atom. The Hall–Kier alpha value is -1.69. The zero-order valence-electron chi connectivity index (χ0n) is 9.21. The minimum Gasteiger partial charge on any atom is -0.411 e. The van der Waals surface area contributed by atoms with Crippen LogP contribution in [0.4, 0.5) is 0 Å². The fourth-order valence-corrected chi connectivity index (χ4v) is 2.06. The molecular weight excluding hydrogens is 284 g/mol. The number of nitrogens with zero attached hydrogens (tertiary/aromatic N) is 4. The summed E-state index contributed by atoms with van der Waals surface area (Å²) in [7, 11) is 0. The van der Waals surface area contributed by atoms with E-state index in [0.717, 1.165) is 15.6 Å². The Balaban J connectivity index is 2.30. The van der Waals surface area contributed by atoms with Crippen molar-refractivity contribution in [1.29, 1.82) is 0 Å². The van der Waals surface area contributed by atoms with Crippen molar-refractivity contribution in [2.24, 2.45) is 5.16 Å². The first-order valence-electron chi connectivity index (χ1n) is 5.00. The number of benzene rings is 1. The zero-order valence-corrected chi connectivity index (χ0v) is 10.8. The molecule has 0 bridgehead atoms. The standard InChI is InChI=1S/C11H11BrN4O/c1-8-4-9(12)2-3-10(8)11(15-17)5-16-7-13-6-14-16/h2-4,6-7,17H,5H2,1H3/b15-11+. The molecule has 0 aliphatic rings. The molecule has 0 atom stereocenters. The molecule has 2 aromatic rings. The maximum absolute atomic E-state index is 9.09. The van der Waals surface area contributed by atoms with Gasteiger partial charge in [0.15, 0.2) is 0 Å². The van der Waals surface area contributed by atoms with E-state index in [1.807, 2.05) is 25.1 Å². The van der Waals surface area contributed by atoms with Crippen molar-refractivity contribution in [2.75, 3.05) is 0 Å². The third kappa shape index (κ3) is 2.71. The maximum Gasteiger partial charge on any atom is 0.137 e. The fraction of sp³-hybridized carbons (Fsp3) is 0.182. The third-order valence-electron chi connectivity index (χ3n) is 2.40. The van der Waals surface area contributed by atoms with Gasteiger partial charge in [0.1, 0.15) is 18.4 Å². The molecule has 17 heavy (non-hydrogen) atoms. The molecule has 1 heterocycles. The molecule has 1 aromatic carbocycles. The van der Waals surface area contributed by atoms with Crippen LogP contribution in [0.25, 0.3) is 0 Å². The Kier molecular flexibility index (Phi) is 3.53. The zero-order chi connectivity index (χ0) is 12.3. The minimum absolute atomic E-state index is 0.388. The predicted octanol–water partition coefficient (Wildman–Crippen LogP) is 2.23. The summed E-state index contributed by atoms with van der Waals surface area (Å²) in [5.74, 6) is 0. The molecule has 0 aliphatic heterocycles. The monoisotopic (exact) mass is 294 g/mol. The SMILES string of the molecule is Cc1cc(Br)ccc1/C(Cn1cncn1)=N/O. The predicted molar refractivity (Wildman–Crippen MR) is 67.2 cm³/mol. The number of rotatable bonds is 3. The first-order chi connectivity index (χ1) is 8.20. The molecule has 0 spiro atoms. The van der Waals surface area contributed by atoms with Crippen molar-refractivity contribution in [3.63, 3.8) is 0 Å². The Morgan fingerprint density at radius 3 is 2.94 bits per heavy atom. The van der Waals surface area contributed by atoms with Crippen molar-refractivity contribution in [2.45, 2.75) is 13.5 Å². The summed E-state index contributed by atoms with van der Waals surface area (Å²) in [5, 5.41) is 16.4. The van der Waals surface area contributed by atoms with Gasteiger partial charge in [-0.3, -0.25) is 0 Å². The lowest BCUT2D eigenvalue weighted by Gasteiger charge is -2.08. The van der Waals surface area contributed by atoms with E-state index in [1.54, 1.807) is 11.0 Å². The molecule has 1 N–H and O–H groups in total. The number of halogens is 1. The largest absolute Gasteiger partial charge is 0.411 e. The molecule has 0 fully saturated rings. The highest BCUT2D eigenvalue weighted by Gasteiger charge is 2.09. The van der Waals surface area contributed by atoms with Crippen LogP contribution < -0.4 is 0 Å². The Labute approximate surface area is 107 Å². The van der Waals surface area contributed by atoms with Crippen LogP contribution in [-0.4, -0.2) is 25.7 Å². The molecule has 0 radical (unpaired) electrons. The maximum atomic E-state index is 9.09. The van der Waals surface area contributed by atoms with Crippen molar-refractivity contribution in [3.05, 3.63) is 46.5 Å². The molecule has 5 nitrogen and oxygen atoms in total. The second kappa shape index (κ2) is 5.09. The van der Waals surface area contributed by atoms with Gasteiger partial charge in [0.25, 0.3) is 0 Å². The summed E-state index contributed by atoms with van der Waals surface area (Å²) in [4.78, 5) is 3.85. The lowest BCUT2D eigenvalue weighted by molar-refractivity contribution is 0.317. The van der Waals surface area contributed by atoms with Crippen LogP contribution in [0.3, 0.4) is 0 Å². The number of aryl methyl sites for hydroxylation is 1. The molecule has 0 saturated carbocycles. The van der Waals surface area contributed by atoms with Gasteiger partial charge in [-0.15, -0.1) is 0 Å². The molecule has 0 unspecified atom stereocenters.